The van der Waals surface area contributed by atoms with Crippen LogP contribution in [0.25, 0.3) is 21.6 Å². The van der Waals surface area contributed by atoms with Crippen LogP contribution in [0, 0.1) is 0 Å². The van der Waals surface area contributed by atoms with E-state index in [1.165, 1.54) is 22.2 Å². The number of aromatic nitrogens is 3. The van der Waals surface area contributed by atoms with Gasteiger partial charge in [-0.2, -0.15) is 18.3 Å². The highest BCUT2D eigenvalue weighted by Crippen LogP contribution is 2.38. The van der Waals surface area contributed by atoms with Crippen LogP contribution in [-0.4, -0.2) is 14.8 Å². The van der Waals surface area contributed by atoms with Crippen molar-refractivity contribution in [3.63, 3.8) is 0 Å². The quantitative estimate of drug-likeness (QED) is 0.667. The summed E-state index contributed by atoms with van der Waals surface area (Å²) in [6.45, 7) is 0. The summed E-state index contributed by atoms with van der Waals surface area (Å²) < 4.78 is 41.2. The second kappa shape index (κ2) is 4.46. The molecule has 0 spiro atoms. The minimum atomic E-state index is -4.46. The Balaban J connectivity index is 2.32. The van der Waals surface area contributed by atoms with Crippen LogP contribution in [0.2, 0.25) is 4.34 Å². The van der Waals surface area contributed by atoms with E-state index in [0.717, 1.165) is 6.07 Å². The fourth-order valence-electron chi connectivity index (χ4n) is 1.93. The number of alkyl halides is 3. The van der Waals surface area contributed by atoms with Crippen molar-refractivity contribution in [1.82, 2.24) is 14.8 Å². The maximum atomic E-state index is 13.1. The smallest absolute Gasteiger partial charge is 0.250 e. The summed E-state index contributed by atoms with van der Waals surface area (Å²) in [6.07, 6.45) is -3.28. The molecule has 3 rings (SSSR count). The highest BCUT2D eigenvalue weighted by molar-refractivity contribution is 7.19. The Labute approximate surface area is 120 Å². The lowest BCUT2D eigenvalue weighted by molar-refractivity contribution is -0.136. The number of rotatable bonds is 1. The zero-order chi connectivity index (χ0) is 14.5. The van der Waals surface area contributed by atoms with Crippen LogP contribution in [0.3, 0.4) is 0 Å². The third kappa shape index (κ3) is 2.16. The fourth-order valence-corrected chi connectivity index (χ4v) is 2.93. The number of hydrogen-bond acceptors (Lipinski definition) is 3. The molecule has 0 amide bonds. The number of thiophene rings is 1. The largest absolute Gasteiger partial charge is 0.417 e. The molecule has 0 aliphatic rings. The van der Waals surface area contributed by atoms with Crippen LogP contribution in [0.5, 0.6) is 0 Å². The van der Waals surface area contributed by atoms with Crippen molar-refractivity contribution in [2.45, 2.75) is 6.18 Å². The van der Waals surface area contributed by atoms with Crippen LogP contribution in [0.4, 0.5) is 13.2 Å². The monoisotopic (exact) mass is 317 g/mol. The summed E-state index contributed by atoms with van der Waals surface area (Å²) in [4.78, 5) is 4.83. The molecular formula is C12H7ClF3N3S. The van der Waals surface area contributed by atoms with Crippen molar-refractivity contribution in [1.29, 1.82) is 0 Å². The topological polar surface area (TPSA) is 30.7 Å². The van der Waals surface area contributed by atoms with E-state index in [2.05, 4.69) is 10.1 Å². The van der Waals surface area contributed by atoms with Gasteiger partial charge in [-0.25, -0.2) is 4.98 Å². The molecule has 3 nitrogen and oxygen atoms in total. The molecule has 0 aliphatic heterocycles. The second-order valence-corrected chi connectivity index (χ2v) is 5.88. The van der Waals surface area contributed by atoms with E-state index in [-0.39, 0.29) is 16.7 Å². The van der Waals surface area contributed by atoms with Crippen molar-refractivity contribution in [2.24, 2.45) is 7.05 Å². The normalized spacial score (nSPS) is 12.2. The molecule has 3 aromatic heterocycles. The van der Waals surface area contributed by atoms with Gasteiger partial charge < -0.3 is 0 Å². The van der Waals surface area contributed by atoms with Crippen molar-refractivity contribution in [3.05, 3.63) is 34.3 Å². The van der Waals surface area contributed by atoms with Gasteiger partial charge in [-0.05, 0) is 18.2 Å². The zero-order valence-corrected chi connectivity index (χ0v) is 11.6. The average molecular weight is 318 g/mol. The first-order valence-electron chi connectivity index (χ1n) is 5.52. The molecule has 0 saturated heterocycles. The standard InChI is InChI=1S/C12H7ClF3N3S/c1-19-11-6(5-17-19)7(12(14,15)16)4-8(18-11)9-2-3-10(13)20-9/h2-5H,1H3. The number of halogens is 4. The van der Waals surface area contributed by atoms with E-state index in [9.17, 15) is 13.2 Å². The minimum Gasteiger partial charge on any atom is -0.250 e. The third-order valence-corrected chi connectivity index (χ3v) is 4.09. The maximum absolute atomic E-state index is 13.1. The molecule has 0 radical (unpaired) electrons. The van der Waals surface area contributed by atoms with Gasteiger partial charge in [0.2, 0.25) is 0 Å². The van der Waals surface area contributed by atoms with Gasteiger partial charge in [0, 0.05) is 7.05 Å². The lowest BCUT2D eigenvalue weighted by Gasteiger charge is -2.09. The minimum absolute atomic E-state index is 0.00796. The summed E-state index contributed by atoms with van der Waals surface area (Å²) >= 11 is 7.00. The molecule has 8 heteroatoms. The molecule has 0 fully saturated rings. The lowest BCUT2D eigenvalue weighted by atomic mass is 10.1. The Hall–Kier alpha value is -1.60. The molecule has 0 N–H and O–H groups in total. The summed E-state index contributed by atoms with van der Waals surface area (Å²) in [6, 6.07) is 4.31. The van der Waals surface area contributed by atoms with Gasteiger partial charge in [0.25, 0.3) is 0 Å². The first-order valence-corrected chi connectivity index (χ1v) is 6.71. The molecule has 0 aromatic carbocycles. The molecule has 20 heavy (non-hydrogen) atoms. The summed E-state index contributed by atoms with van der Waals surface area (Å²) in [5, 5.41) is 3.83. The Bertz CT molecular complexity index is 791. The number of pyridine rings is 1. The Morgan fingerprint density at radius 3 is 2.65 bits per heavy atom. The van der Waals surface area contributed by atoms with Crippen molar-refractivity contribution < 1.29 is 13.2 Å². The van der Waals surface area contributed by atoms with Gasteiger partial charge in [0.15, 0.2) is 5.65 Å². The highest BCUT2D eigenvalue weighted by atomic mass is 35.5. The van der Waals surface area contributed by atoms with Gasteiger partial charge in [0.05, 0.1) is 32.1 Å². The molecule has 0 atom stereocenters. The van der Waals surface area contributed by atoms with Gasteiger partial charge in [-0.3, -0.25) is 4.68 Å². The van der Waals surface area contributed by atoms with Crippen LogP contribution in [0.15, 0.2) is 24.4 Å². The molecule has 0 aliphatic carbocycles. The first kappa shape index (κ1) is 13.4. The first-order chi connectivity index (χ1) is 9.36. The average Bonchev–Trinajstić information content (AvgIpc) is 2.94. The SMILES string of the molecule is Cn1ncc2c(C(F)(F)F)cc(-c3ccc(Cl)s3)nc21. The fraction of sp³-hybridized carbons (Fsp3) is 0.167. The van der Waals surface area contributed by atoms with Gasteiger partial charge in [-0.15, -0.1) is 11.3 Å². The van der Waals surface area contributed by atoms with Crippen molar-refractivity contribution in [3.8, 4) is 10.6 Å². The molecule has 0 saturated carbocycles. The Morgan fingerprint density at radius 1 is 1.30 bits per heavy atom. The van der Waals surface area contributed by atoms with Crippen molar-refractivity contribution >= 4 is 34.0 Å². The molecule has 0 unspecified atom stereocenters. The predicted molar refractivity (Wildman–Crippen MR) is 71.8 cm³/mol. The number of aryl methyl sites for hydroxylation is 1. The van der Waals surface area contributed by atoms with Crippen molar-refractivity contribution in [2.75, 3.05) is 0 Å². The molecule has 3 heterocycles. The second-order valence-electron chi connectivity index (χ2n) is 4.16. The van der Waals surface area contributed by atoms with E-state index in [0.29, 0.717) is 9.21 Å². The lowest BCUT2D eigenvalue weighted by Crippen LogP contribution is -2.07. The van der Waals surface area contributed by atoms with Gasteiger partial charge in [0.1, 0.15) is 0 Å². The van der Waals surface area contributed by atoms with Crippen LogP contribution < -0.4 is 0 Å². The van der Waals surface area contributed by atoms with Crippen LogP contribution >= 0.6 is 22.9 Å². The molecule has 3 aromatic rings. The summed E-state index contributed by atoms with van der Waals surface area (Å²) in [5.41, 5.74) is -0.306. The Kier molecular flexibility index (Phi) is 2.98. The zero-order valence-electron chi connectivity index (χ0n) is 10.1. The third-order valence-electron chi connectivity index (χ3n) is 2.84. The Morgan fingerprint density at radius 2 is 2.05 bits per heavy atom. The van der Waals surface area contributed by atoms with Crippen LogP contribution in [-0.2, 0) is 13.2 Å². The van der Waals surface area contributed by atoms with Crippen LogP contribution in [0.1, 0.15) is 5.56 Å². The highest BCUT2D eigenvalue weighted by Gasteiger charge is 2.34. The summed E-state index contributed by atoms with van der Waals surface area (Å²) in [7, 11) is 1.56. The van der Waals surface area contributed by atoms with E-state index in [1.54, 1.807) is 19.2 Å². The maximum Gasteiger partial charge on any atom is 0.417 e. The number of nitrogens with zero attached hydrogens (tertiary/aromatic N) is 3. The van der Waals surface area contributed by atoms with E-state index in [1.807, 2.05) is 0 Å². The van der Waals surface area contributed by atoms with Gasteiger partial charge in [-0.1, -0.05) is 11.6 Å². The summed E-state index contributed by atoms with van der Waals surface area (Å²) in [5.74, 6) is 0. The molecular weight excluding hydrogens is 311 g/mol. The van der Waals surface area contributed by atoms with E-state index >= 15 is 0 Å². The molecule has 104 valence electrons. The molecule has 0 bridgehead atoms. The number of fused-ring (bicyclic) bond motifs is 1. The van der Waals surface area contributed by atoms with E-state index < -0.39 is 11.7 Å². The predicted octanol–water partition coefficient (Wildman–Crippen LogP) is 4.37. The van der Waals surface area contributed by atoms with E-state index in [4.69, 9.17) is 11.6 Å². The number of hydrogen-bond donors (Lipinski definition) is 0. The van der Waals surface area contributed by atoms with Gasteiger partial charge >= 0.3 is 6.18 Å².